The van der Waals surface area contributed by atoms with E-state index in [2.05, 4.69) is 0 Å². The van der Waals surface area contributed by atoms with Gasteiger partial charge in [0.05, 0.1) is 12.2 Å². The summed E-state index contributed by atoms with van der Waals surface area (Å²) in [4.78, 5) is 39.2. The lowest BCUT2D eigenvalue weighted by Gasteiger charge is -2.44. The molecule has 1 aromatic heterocycles. The van der Waals surface area contributed by atoms with Gasteiger partial charge in [-0.3, -0.25) is 4.79 Å². The number of halogens is 2. The fraction of sp³-hybridized carbons (Fsp3) is 0.469. The third-order valence-electron chi connectivity index (χ3n) is 9.11. The zero-order chi connectivity index (χ0) is 31.8. The van der Waals surface area contributed by atoms with Crippen molar-refractivity contribution in [2.75, 3.05) is 0 Å². The Balaban J connectivity index is 1.71. The van der Waals surface area contributed by atoms with Gasteiger partial charge in [-0.15, -0.1) is 0 Å². The standard InChI is InChI=1S/C32H39F2N3O5Si/c1-17(2)43(18(3)4,19(5)6)42-29-25(33)16-23-27-24(32(8,9)41-28(23)26(29)34)14-15-35-30(39)36(31(40)37(27)35)22-12-10-21(11-13-22)20(7)38/h10-14,16-19,27H,15H2,1-9H3. The molecule has 0 amide bonds. The van der Waals surface area contributed by atoms with Crippen LogP contribution in [0.15, 0.2) is 51.6 Å². The smallest absolute Gasteiger partial charge is 0.352 e. The van der Waals surface area contributed by atoms with Crippen molar-refractivity contribution >= 4 is 14.1 Å². The number of carbonyl (C=O) groups excluding carboxylic acids is 1. The minimum atomic E-state index is -2.74. The molecular weight excluding hydrogens is 572 g/mol. The summed E-state index contributed by atoms with van der Waals surface area (Å²) in [6.45, 7) is 17.2. The summed E-state index contributed by atoms with van der Waals surface area (Å²) in [7, 11) is -2.74. The molecule has 3 aromatic rings. The molecule has 2 aromatic carbocycles. The Morgan fingerprint density at radius 3 is 2.12 bits per heavy atom. The molecule has 0 saturated heterocycles. The van der Waals surface area contributed by atoms with Crippen molar-refractivity contribution in [3.63, 3.8) is 0 Å². The second-order valence-corrected chi connectivity index (χ2v) is 18.3. The van der Waals surface area contributed by atoms with Crippen LogP contribution in [0.5, 0.6) is 11.5 Å². The maximum Gasteiger partial charge on any atom is 0.352 e. The van der Waals surface area contributed by atoms with E-state index in [1.807, 2.05) is 41.5 Å². The molecule has 11 heteroatoms. The van der Waals surface area contributed by atoms with Crippen LogP contribution in [-0.4, -0.2) is 33.6 Å². The number of aromatic nitrogens is 3. The number of hydrogen-bond donors (Lipinski definition) is 0. The fourth-order valence-electron chi connectivity index (χ4n) is 7.13. The van der Waals surface area contributed by atoms with Crippen molar-refractivity contribution in [2.45, 2.75) is 97.1 Å². The second kappa shape index (κ2) is 10.5. The molecule has 0 spiro atoms. The highest BCUT2D eigenvalue weighted by atomic mass is 28.4. The molecule has 3 heterocycles. The lowest BCUT2D eigenvalue weighted by molar-refractivity contribution is 0.101. The molecule has 2 aliphatic rings. The lowest BCUT2D eigenvalue weighted by atomic mass is 9.83. The number of nitrogens with zero attached hydrogens (tertiary/aromatic N) is 3. The Kier molecular flexibility index (Phi) is 7.47. The van der Waals surface area contributed by atoms with Crippen LogP contribution in [0.4, 0.5) is 8.78 Å². The third-order valence-corrected chi connectivity index (χ3v) is 15.1. The van der Waals surface area contributed by atoms with Crippen LogP contribution < -0.4 is 20.5 Å². The van der Waals surface area contributed by atoms with Crippen LogP contribution in [0.25, 0.3) is 5.69 Å². The van der Waals surface area contributed by atoms with Crippen LogP contribution in [0.3, 0.4) is 0 Å². The quantitative estimate of drug-likeness (QED) is 0.172. The van der Waals surface area contributed by atoms with E-state index in [9.17, 15) is 14.4 Å². The maximum atomic E-state index is 16.5. The number of rotatable bonds is 7. The van der Waals surface area contributed by atoms with Gasteiger partial charge in [-0.1, -0.05) is 47.6 Å². The Bertz CT molecular complexity index is 1740. The van der Waals surface area contributed by atoms with Crippen molar-refractivity contribution in [1.82, 2.24) is 13.9 Å². The summed E-state index contributed by atoms with van der Waals surface area (Å²) in [5.41, 5.74) is -0.722. The fourth-order valence-corrected chi connectivity index (χ4v) is 12.4. The minimum absolute atomic E-state index is 0.0675. The van der Waals surface area contributed by atoms with E-state index in [0.717, 1.165) is 4.57 Å². The Morgan fingerprint density at radius 2 is 1.58 bits per heavy atom. The van der Waals surface area contributed by atoms with Crippen LogP contribution in [0, 0.1) is 11.6 Å². The Morgan fingerprint density at radius 1 is 1.00 bits per heavy atom. The lowest BCUT2D eigenvalue weighted by Crippen LogP contribution is -2.51. The van der Waals surface area contributed by atoms with Crippen molar-refractivity contribution in [2.24, 2.45) is 0 Å². The van der Waals surface area contributed by atoms with Crippen LogP contribution in [0.1, 0.15) is 84.3 Å². The molecule has 0 radical (unpaired) electrons. The van der Waals surface area contributed by atoms with Crippen molar-refractivity contribution in [1.29, 1.82) is 0 Å². The van der Waals surface area contributed by atoms with Gasteiger partial charge >= 0.3 is 11.4 Å². The number of ether oxygens (including phenoxy) is 1. The summed E-state index contributed by atoms with van der Waals surface area (Å²) in [6, 6.07) is 6.32. The molecule has 43 heavy (non-hydrogen) atoms. The Labute approximate surface area is 250 Å². The van der Waals surface area contributed by atoms with Gasteiger partial charge in [0.15, 0.2) is 23.1 Å². The molecule has 2 aliphatic heterocycles. The van der Waals surface area contributed by atoms with Gasteiger partial charge in [0, 0.05) is 11.1 Å². The molecule has 0 bridgehead atoms. The highest BCUT2D eigenvalue weighted by Gasteiger charge is 2.50. The summed E-state index contributed by atoms with van der Waals surface area (Å²) in [6.07, 6.45) is 1.77. The molecule has 0 saturated carbocycles. The van der Waals surface area contributed by atoms with E-state index in [4.69, 9.17) is 9.16 Å². The van der Waals surface area contributed by atoms with Gasteiger partial charge in [-0.2, -0.15) is 4.39 Å². The van der Waals surface area contributed by atoms with E-state index < -0.39 is 48.7 Å². The molecule has 0 fully saturated rings. The molecule has 1 atom stereocenters. The summed E-state index contributed by atoms with van der Waals surface area (Å²) < 4.78 is 48.7. The summed E-state index contributed by atoms with van der Waals surface area (Å²) in [5, 5.41) is 0. The first-order valence-electron chi connectivity index (χ1n) is 14.7. The van der Waals surface area contributed by atoms with E-state index in [0.29, 0.717) is 11.1 Å². The summed E-state index contributed by atoms with van der Waals surface area (Å²) in [5.74, 6) is -2.65. The molecule has 230 valence electrons. The van der Waals surface area contributed by atoms with Crippen LogP contribution >= 0.6 is 0 Å². The van der Waals surface area contributed by atoms with Crippen molar-refractivity contribution < 1.29 is 22.7 Å². The number of allylic oxidation sites excluding steroid dienone is 1. The average Bonchev–Trinajstić information content (AvgIpc) is 3.18. The number of ketones is 1. The first-order chi connectivity index (χ1) is 20.0. The predicted molar refractivity (Wildman–Crippen MR) is 163 cm³/mol. The normalized spacial score (nSPS) is 17.3. The highest BCUT2D eigenvalue weighted by Crippen LogP contribution is 2.51. The van der Waals surface area contributed by atoms with Crippen molar-refractivity contribution in [3.05, 3.63) is 85.7 Å². The topological polar surface area (TPSA) is 84.5 Å². The average molecular weight is 612 g/mol. The minimum Gasteiger partial charge on any atom is -0.539 e. The molecule has 5 rings (SSSR count). The summed E-state index contributed by atoms with van der Waals surface area (Å²) >= 11 is 0. The van der Waals surface area contributed by atoms with Gasteiger partial charge in [-0.05, 0) is 73.3 Å². The third kappa shape index (κ3) is 4.54. The molecular formula is C32H39F2N3O5Si. The maximum absolute atomic E-state index is 16.5. The van der Waals surface area contributed by atoms with Crippen LogP contribution in [-0.2, 0) is 6.54 Å². The van der Waals surface area contributed by atoms with E-state index in [1.54, 1.807) is 32.1 Å². The zero-order valence-electron chi connectivity index (χ0n) is 26.1. The van der Waals surface area contributed by atoms with Crippen molar-refractivity contribution in [3.8, 4) is 17.2 Å². The van der Waals surface area contributed by atoms with E-state index >= 15 is 8.78 Å². The van der Waals surface area contributed by atoms with Gasteiger partial charge < -0.3 is 9.16 Å². The highest BCUT2D eigenvalue weighted by molar-refractivity contribution is 6.78. The molecule has 0 N–H and O–H groups in total. The number of carbonyl (C=O) groups is 1. The van der Waals surface area contributed by atoms with Gasteiger partial charge in [0.25, 0.3) is 8.32 Å². The monoisotopic (exact) mass is 611 g/mol. The van der Waals surface area contributed by atoms with Crippen LogP contribution in [0.2, 0.25) is 16.6 Å². The first-order valence-corrected chi connectivity index (χ1v) is 16.8. The van der Waals surface area contributed by atoms with E-state index in [1.165, 1.54) is 34.5 Å². The molecule has 8 nitrogen and oxygen atoms in total. The molecule has 1 unspecified atom stereocenters. The number of benzene rings is 2. The predicted octanol–water partition coefficient (Wildman–Crippen LogP) is 6.54. The second-order valence-electron chi connectivity index (χ2n) is 12.9. The number of Topliss-reactive ketones (excluding diaryl/α,β-unsaturated/α-hetero) is 1. The van der Waals surface area contributed by atoms with Gasteiger partial charge in [0.1, 0.15) is 11.6 Å². The van der Waals surface area contributed by atoms with Gasteiger partial charge in [0.2, 0.25) is 5.82 Å². The number of fused-ring (bicyclic) bond motifs is 5. The first kappa shape index (κ1) is 30.7. The largest absolute Gasteiger partial charge is 0.539 e. The SMILES string of the molecule is CC(=O)c1ccc(-n2c(=O)n3n(c2=O)C2C(=CC3)C(C)(C)Oc3c2cc(F)c(O[Si](C(C)C)(C(C)C)C(C)C)c3F)cc1. The van der Waals surface area contributed by atoms with Gasteiger partial charge in [-0.25, -0.2) is 27.9 Å². The Hall–Kier alpha value is -3.73. The number of hydrogen-bond acceptors (Lipinski definition) is 5. The van der Waals surface area contributed by atoms with E-state index in [-0.39, 0.29) is 46.0 Å². The zero-order valence-corrected chi connectivity index (χ0v) is 27.1. The molecule has 0 aliphatic carbocycles.